The number of rotatable bonds is 9. The van der Waals surface area contributed by atoms with Gasteiger partial charge in [-0.15, -0.1) is 0 Å². The van der Waals surface area contributed by atoms with Crippen molar-refractivity contribution < 1.29 is 21.6 Å². The molecule has 0 aliphatic heterocycles. The van der Waals surface area contributed by atoms with Crippen LogP contribution in [0.3, 0.4) is 0 Å². The molecule has 0 fully saturated rings. The van der Waals surface area contributed by atoms with Gasteiger partial charge in [-0.1, -0.05) is 28.1 Å². The second-order valence-corrected chi connectivity index (χ2v) is 10.8. The molecule has 2 rings (SSSR count). The van der Waals surface area contributed by atoms with Crippen LogP contribution < -0.4 is 9.46 Å². The lowest BCUT2D eigenvalue weighted by Crippen LogP contribution is -2.29. The maximum absolute atomic E-state index is 12.1. The Morgan fingerprint density at radius 2 is 1.56 bits per heavy atom. The van der Waals surface area contributed by atoms with Crippen molar-refractivity contribution >= 4 is 36.0 Å². The van der Waals surface area contributed by atoms with Gasteiger partial charge in [0.2, 0.25) is 20.0 Å². The van der Waals surface area contributed by atoms with Crippen molar-refractivity contribution in [3.05, 3.63) is 58.6 Å². The van der Waals surface area contributed by atoms with E-state index in [-0.39, 0.29) is 23.8 Å². The maximum atomic E-state index is 12.1. The molecule has 7 nitrogen and oxygen atoms in total. The van der Waals surface area contributed by atoms with Gasteiger partial charge in [0.25, 0.3) is 0 Å². The first-order valence-corrected chi connectivity index (χ1v) is 11.9. The van der Waals surface area contributed by atoms with Gasteiger partial charge >= 0.3 is 0 Å². The molecule has 148 valence electrons. The molecule has 0 spiro atoms. The minimum atomic E-state index is -3.49. The molecule has 0 aliphatic carbocycles. The van der Waals surface area contributed by atoms with E-state index in [1.165, 1.54) is 38.4 Å². The second-order valence-electron chi connectivity index (χ2n) is 5.89. The molecule has 0 aliphatic rings. The molecule has 2 aromatic carbocycles. The number of halogens is 1. The van der Waals surface area contributed by atoms with E-state index in [0.717, 1.165) is 8.78 Å². The van der Waals surface area contributed by atoms with Gasteiger partial charge in [-0.05, 0) is 42.0 Å². The van der Waals surface area contributed by atoms with Crippen LogP contribution in [0.15, 0.2) is 57.9 Å². The van der Waals surface area contributed by atoms with E-state index in [9.17, 15) is 16.8 Å². The van der Waals surface area contributed by atoms with Crippen molar-refractivity contribution in [1.82, 2.24) is 9.03 Å². The summed E-state index contributed by atoms with van der Waals surface area (Å²) < 4.78 is 58.0. The lowest BCUT2D eigenvalue weighted by atomic mass is 10.2. The van der Waals surface area contributed by atoms with Crippen LogP contribution in [0.5, 0.6) is 5.75 Å². The number of ether oxygens (including phenoxy) is 1. The average molecular weight is 477 g/mol. The zero-order chi connectivity index (χ0) is 20.1. The third kappa shape index (κ3) is 6.58. The Balaban J connectivity index is 1.83. The molecule has 1 N–H and O–H groups in total. The van der Waals surface area contributed by atoms with Crippen LogP contribution in [-0.4, -0.2) is 48.4 Å². The lowest BCUT2D eigenvalue weighted by Gasteiger charge is -2.12. The Kier molecular flexibility index (Phi) is 7.40. The number of nitrogens with zero attached hydrogens (tertiary/aromatic N) is 1. The fourth-order valence-electron chi connectivity index (χ4n) is 2.14. The summed E-state index contributed by atoms with van der Waals surface area (Å²) in [6.07, 6.45) is 0. The van der Waals surface area contributed by atoms with Crippen molar-refractivity contribution in [2.24, 2.45) is 0 Å². The van der Waals surface area contributed by atoms with Crippen molar-refractivity contribution in [1.29, 1.82) is 0 Å². The van der Waals surface area contributed by atoms with Crippen molar-refractivity contribution in [3.8, 4) is 5.75 Å². The first-order valence-electron chi connectivity index (χ1n) is 7.97. The topological polar surface area (TPSA) is 92.8 Å². The Labute approximate surface area is 168 Å². The first kappa shape index (κ1) is 21.8. The lowest BCUT2D eigenvalue weighted by molar-refractivity contribution is 0.322. The second kappa shape index (κ2) is 9.16. The van der Waals surface area contributed by atoms with E-state index >= 15 is 0 Å². The Morgan fingerprint density at radius 1 is 0.963 bits per heavy atom. The SMILES string of the molecule is CN(C)S(=O)(=O)c1ccc(OCCNS(=O)(=O)Cc2ccc(Br)cc2)cc1. The molecule has 0 unspecified atom stereocenters. The van der Waals surface area contributed by atoms with Gasteiger partial charge in [0.1, 0.15) is 12.4 Å². The van der Waals surface area contributed by atoms with Crippen LogP contribution in [0.2, 0.25) is 0 Å². The van der Waals surface area contributed by atoms with Gasteiger partial charge in [-0.3, -0.25) is 0 Å². The summed E-state index contributed by atoms with van der Waals surface area (Å²) in [7, 11) is -4.04. The number of hydrogen-bond donors (Lipinski definition) is 1. The Morgan fingerprint density at radius 3 is 2.11 bits per heavy atom. The van der Waals surface area contributed by atoms with Gasteiger partial charge in [-0.2, -0.15) is 0 Å². The van der Waals surface area contributed by atoms with E-state index in [2.05, 4.69) is 20.7 Å². The van der Waals surface area contributed by atoms with E-state index in [1.807, 2.05) is 0 Å². The summed E-state index contributed by atoms with van der Waals surface area (Å²) in [5.74, 6) is 0.344. The van der Waals surface area contributed by atoms with Gasteiger partial charge in [0.05, 0.1) is 10.6 Å². The van der Waals surface area contributed by atoms with Crippen LogP contribution in [0, 0.1) is 0 Å². The molecule has 0 bridgehead atoms. The Bertz CT molecular complexity index is 957. The van der Waals surface area contributed by atoms with Gasteiger partial charge < -0.3 is 4.74 Å². The number of hydrogen-bond acceptors (Lipinski definition) is 5. The molecule has 0 saturated carbocycles. The van der Waals surface area contributed by atoms with Gasteiger partial charge in [0, 0.05) is 25.1 Å². The predicted octanol–water partition coefficient (Wildman–Crippen LogP) is 2.20. The molecule has 0 aromatic heterocycles. The highest BCUT2D eigenvalue weighted by Gasteiger charge is 2.16. The smallest absolute Gasteiger partial charge is 0.242 e. The minimum absolute atomic E-state index is 0.108. The fourth-order valence-corrected chi connectivity index (χ4v) is 4.43. The van der Waals surface area contributed by atoms with Crippen LogP contribution in [-0.2, 0) is 25.8 Å². The molecule has 2 aromatic rings. The number of benzene rings is 2. The minimum Gasteiger partial charge on any atom is -0.492 e. The number of sulfonamides is 2. The largest absolute Gasteiger partial charge is 0.492 e. The van der Waals surface area contributed by atoms with Crippen LogP contribution in [0.4, 0.5) is 0 Å². The fraction of sp³-hybridized carbons (Fsp3) is 0.294. The van der Waals surface area contributed by atoms with Gasteiger partial charge in [0.15, 0.2) is 0 Å². The summed E-state index contributed by atoms with van der Waals surface area (Å²) >= 11 is 3.30. The maximum Gasteiger partial charge on any atom is 0.242 e. The van der Waals surface area contributed by atoms with Crippen LogP contribution in [0.1, 0.15) is 5.56 Å². The summed E-state index contributed by atoms with van der Waals surface area (Å²) in [5, 5.41) is 0. The highest BCUT2D eigenvalue weighted by atomic mass is 79.9. The highest BCUT2D eigenvalue weighted by molar-refractivity contribution is 9.10. The third-order valence-corrected chi connectivity index (χ3v) is 7.28. The van der Waals surface area contributed by atoms with E-state index in [4.69, 9.17) is 4.74 Å². The van der Waals surface area contributed by atoms with Crippen LogP contribution in [0.25, 0.3) is 0 Å². The molecule has 0 saturated heterocycles. The van der Waals surface area contributed by atoms with E-state index in [1.54, 1.807) is 24.3 Å². The van der Waals surface area contributed by atoms with Crippen molar-refractivity contribution in [2.75, 3.05) is 27.2 Å². The first-order chi connectivity index (χ1) is 12.6. The summed E-state index contributed by atoms with van der Waals surface area (Å²) in [5.41, 5.74) is 0.685. The standard InChI is InChI=1S/C17H21BrN2O5S2/c1-20(2)27(23,24)17-9-7-16(8-10-17)25-12-11-19-26(21,22)13-14-3-5-15(18)6-4-14/h3-10,19H,11-13H2,1-2H3. The molecule has 0 amide bonds. The molecule has 10 heteroatoms. The molecule has 0 radical (unpaired) electrons. The van der Waals surface area contributed by atoms with Crippen molar-refractivity contribution in [2.45, 2.75) is 10.6 Å². The zero-order valence-corrected chi connectivity index (χ0v) is 18.1. The molecule has 0 atom stereocenters. The summed E-state index contributed by atoms with van der Waals surface area (Å²) in [6, 6.07) is 13.0. The highest BCUT2D eigenvalue weighted by Crippen LogP contribution is 2.18. The summed E-state index contributed by atoms with van der Waals surface area (Å²) in [4.78, 5) is 0.162. The van der Waals surface area contributed by atoms with Crippen molar-refractivity contribution in [3.63, 3.8) is 0 Å². The number of nitrogens with one attached hydrogen (secondary N) is 1. The molecule has 27 heavy (non-hydrogen) atoms. The third-order valence-electron chi connectivity index (χ3n) is 3.57. The molecule has 0 heterocycles. The normalized spacial score (nSPS) is 12.3. The predicted molar refractivity (Wildman–Crippen MR) is 108 cm³/mol. The molecular weight excluding hydrogens is 456 g/mol. The zero-order valence-electron chi connectivity index (χ0n) is 14.9. The summed E-state index contributed by atoms with van der Waals surface area (Å²) in [6.45, 7) is 0.232. The molecular formula is C17H21BrN2O5S2. The van der Waals surface area contributed by atoms with E-state index < -0.39 is 20.0 Å². The quantitative estimate of drug-likeness (QED) is 0.559. The average Bonchev–Trinajstić information content (AvgIpc) is 2.61. The van der Waals surface area contributed by atoms with Gasteiger partial charge in [-0.25, -0.2) is 25.9 Å². The van der Waals surface area contributed by atoms with Crippen LogP contribution >= 0.6 is 15.9 Å². The monoisotopic (exact) mass is 476 g/mol. The Hall–Kier alpha value is -1.46. The van der Waals surface area contributed by atoms with E-state index in [0.29, 0.717) is 11.3 Å².